The molecule has 0 aromatic heterocycles. The Hall–Kier alpha value is -5.27. The zero-order chi connectivity index (χ0) is 63.8. The average molecular weight is 1380 g/mol. The molecule has 0 fully saturated rings. The topological polar surface area (TPSA) is 167 Å². The molecule has 18 heteroatoms. The predicted molar refractivity (Wildman–Crippen MR) is 380 cm³/mol. The zero-order valence-corrected chi connectivity index (χ0v) is 57.8. The molecule has 0 aliphatic carbocycles. The minimum Gasteiger partial charge on any atom is -0.497 e. The lowest BCUT2D eigenvalue weighted by atomic mass is 9.79. The molecule has 0 aliphatic heterocycles. The first kappa shape index (κ1) is 82.7. The van der Waals surface area contributed by atoms with Gasteiger partial charge in [-0.05, 0) is 150 Å². The van der Waals surface area contributed by atoms with Crippen molar-refractivity contribution in [3.8, 4) is 23.0 Å². The third-order valence-electron chi connectivity index (χ3n) is 14.7. The highest BCUT2D eigenvalue weighted by Crippen LogP contribution is 2.48. The van der Waals surface area contributed by atoms with E-state index in [2.05, 4.69) is 116 Å². The van der Waals surface area contributed by atoms with E-state index in [-0.39, 0.29) is 94.0 Å². The molecule has 7 atom stereocenters. The molecule has 6 rings (SSSR count). The molecule has 0 aliphatic rings. The third-order valence-corrected chi connectivity index (χ3v) is 16.8. The highest BCUT2D eigenvalue weighted by molar-refractivity contribution is 14.0. The second kappa shape index (κ2) is 44.3. The minimum atomic E-state index is -1.39. The number of halogens is 1. The molecule has 0 spiro atoms. The lowest BCUT2D eigenvalue weighted by molar-refractivity contribution is -0.0620. The fraction of sp³-hybridized carbons (Fsp3) is 0.486. The summed E-state index contributed by atoms with van der Waals surface area (Å²) in [6.07, 6.45) is -0.940. The maximum atomic E-state index is 10.00. The number of ether oxygens (including phenoxy) is 7. The van der Waals surface area contributed by atoms with Gasteiger partial charge in [0.1, 0.15) is 40.8 Å². The molecular weight excluding hydrogens is 1270 g/mol. The highest BCUT2D eigenvalue weighted by Gasteiger charge is 2.43. The number of methoxy groups -OCH3 is 5. The molecule has 0 heterocycles. The Morgan fingerprint density at radius 1 is 0.478 bits per heavy atom. The summed E-state index contributed by atoms with van der Waals surface area (Å²) in [4.78, 5) is 3.47. The number of rotatable bonds is 35. The van der Waals surface area contributed by atoms with Crippen LogP contribution in [0.5, 0.6) is 23.0 Å². The van der Waals surface area contributed by atoms with Gasteiger partial charge in [0.2, 0.25) is 6.54 Å². The molecular formula is C72H109IN5O11P. The van der Waals surface area contributed by atoms with Crippen LogP contribution in [0, 0.1) is 6.57 Å². The van der Waals surface area contributed by atoms with Crippen molar-refractivity contribution in [1.29, 1.82) is 0 Å². The van der Waals surface area contributed by atoms with E-state index in [4.69, 9.17) is 53.9 Å². The molecule has 5 N–H and O–H groups in total. The lowest BCUT2D eigenvalue weighted by Crippen LogP contribution is -2.48. The maximum Gasteiger partial charge on any atom is 0.259 e. The number of hydrogen-bond acceptors (Lipinski definition) is 15. The van der Waals surface area contributed by atoms with Crippen molar-refractivity contribution in [1.82, 2.24) is 20.6 Å². The number of benzene rings is 6. The van der Waals surface area contributed by atoms with E-state index in [9.17, 15) is 5.11 Å². The van der Waals surface area contributed by atoms with Crippen LogP contribution in [0.3, 0.4) is 0 Å². The van der Waals surface area contributed by atoms with Crippen LogP contribution in [-0.2, 0) is 34.5 Å². The van der Waals surface area contributed by atoms with Crippen LogP contribution in [0.4, 0.5) is 0 Å². The number of likely N-dealkylation sites (N-methyl/N-ethyl adjacent to an activating group) is 3. The molecule has 6 aromatic rings. The van der Waals surface area contributed by atoms with E-state index in [1.165, 1.54) is 0 Å². The first-order chi connectivity index (χ1) is 42.0. The van der Waals surface area contributed by atoms with E-state index in [1.54, 1.807) is 42.5 Å². The first-order valence-corrected chi connectivity index (χ1v) is 31.4. The van der Waals surface area contributed by atoms with Crippen molar-refractivity contribution in [3.05, 3.63) is 203 Å². The fourth-order valence-corrected chi connectivity index (χ4v) is 11.9. The van der Waals surface area contributed by atoms with Gasteiger partial charge in [0.25, 0.3) is 8.53 Å². The fourth-order valence-electron chi connectivity index (χ4n) is 10.3. The number of nitrogens with one attached hydrogen (secondary N) is 3. The van der Waals surface area contributed by atoms with Crippen molar-refractivity contribution >= 4 is 32.5 Å². The maximum absolute atomic E-state index is 10.00. The Kier molecular flexibility index (Phi) is 40.7. The largest absolute Gasteiger partial charge is 0.497 e. The van der Waals surface area contributed by atoms with Crippen molar-refractivity contribution in [2.45, 2.75) is 144 Å². The van der Waals surface area contributed by atoms with Gasteiger partial charge in [0.15, 0.2) is 0 Å². The Bertz CT molecular complexity index is 2690. The molecule has 0 radical (unpaired) electrons. The van der Waals surface area contributed by atoms with Gasteiger partial charge in [-0.1, -0.05) is 145 Å². The zero-order valence-electron chi connectivity index (χ0n) is 54.6. The predicted octanol–water partition coefficient (Wildman–Crippen LogP) is 13.9. The number of aliphatic hydroxyl groups excluding tert-OH is 2. The quantitative estimate of drug-likeness (QED) is 0.00838. The molecule has 0 bridgehead atoms. The van der Waals surface area contributed by atoms with Crippen LogP contribution in [-0.4, -0.2) is 152 Å². The second-order valence-electron chi connectivity index (χ2n) is 21.3. The third kappa shape index (κ3) is 23.7. The summed E-state index contributed by atoms with van der Waals surface area (Å²) in [5, 5.41) is 29.2. The van der Waals surface area contributed by atoms with Crippen molar-refractivity contribution in [2.75, 3.05) is 88.2 Å². The van der Waals surface area contributed by atoms with Crippen LogP contribution < -0.4 is 34.9 Å². The Labute approximate surface area is 559 Å². The summed E-state index contributed by atoms with van der Waals surface area (Å²) in [6, 6.07) is 52.6. The molecule has 16 nitrogen and oxygen atoms in total. The molecule has 0 saturated heterocycles. The summed E-state index contributed by atoms with van der Waals surface area (Å²) in [5.74, 6) is 3.10. The molecule has 0 amide bonds. The Balaban J connectivity index is 0.000000784. The number of aliphatic hydroxyl groups is 2. The summed E-state index contributed by atoms with van der Waals surface area (Å²) < 4.78 is 56.0. The lowest BCUT2D eigenvalue weighted by Gasteiger charge is -2.41. The van der Waals surface area contributed by atoms with E-state index < -0.39 is 19.7 Å². The van der Waals surface area contributed by atoms with Gasteiger partial charge >= 0.3 is 0 Å². The van der Waals surface area contributed by atoms with Crippen LogP contribution in [0.25, 0.3) is 4.85 Å². The van der Waals surface area contributed by atoms with Crippen molar-refractivity contribution in [3.63, 3.8) is 0 Å². The van der Waals surface area contributed by atoms with E-state index in [0.717, 1.165) is 76.0 Å². The van der Waals surface area contributed by atoms with Gasteiger partial charge in [-0.3, -0.25) is 0 Å². The number of nitrogens with zero attached hydrogens (tertiary/aromatic N) is 2. The van der Waals surface area contributed by atoms with Crippen LogP contribution in [0.2, 0.25) is 0 Å². The van der Waals surface area contributed by atoms with Crippen LogP contribution in [0.15, 0.2) is 158 Å². The highest BCUT2D eigenvalue weighted by atomic mass is 127. The van der Waals surface area contributed by atoms with Gasteiger partial charge in [0.05, 0.1) is 84.7 Å². The van der Waals surface area contributed by atoms with E-state index in [0.29, 0.717) is 26.4 Å². The van der Waals surface area contributed by atoms with Gasteiger partial charge < -0.3 is 73.2 Å². The molecule has 500 valence electrons. The molecule has 7 unspecified atom stereocenters. The van der Waals surface area contributed by atoms with Crippen LogP contribution in [0.1, 0.15) is 117 Å². The summed E-state index contributed by atoms with van der Waals surface area (Å²) in [5.41, 5.74) is 4.02. The van der Waals surface area contributed by atoms with Gasteiger partial charge in [-0.15, -0.1) is 24.0 Å². The smallest absolute Gasteiger partial charge is 0.259 e. The van der Waals surface area contributed by atoms with E-state index in [1.807, 2.05) is 130 Å². The SMILES string of the molecule is C.C.CCNC(CO)C(C)OC(c1ccccc1)(c1ccc(OC)cc1)c1ccc(OC)cc1.CCNC(COC)C(C)O.I.[C-]#[N+]CCOP(OCC(NCC)C(C)OC(c1ccccc1)(c1ccc(OC)cc1)c1ccc(OC)cc1)N(C(C)C)C(C)C. The van der Waals surface area contributed by atoms with Crippen LogP contribution >= 0.6 is 32.5 Å². The van der Waals surface area contributed by atoms with Crippen molar-refractivity contribution in [2.24, 2.45) is 0 Å². The molecule has 0 saturated carbocycles. The molecule has 90 heavy (non-hydrogen) atoms. The summed E-state index contributed by atoms with van der Waals surface area (Å²) >= 11 is 0. The van der Waals surface area contributed by atoms with E-state index >= 15 is 0 Å². The Morgan fingerprint density at radius 2 is 0.800 bits per heavy atom. The number of hydrogen-bond donors (Lipinski definition) is 5. The average Bonchev–Trinajstić information content (AvgIpc) is 0.789. The van der Waals surface area contributed by atoms with Crippen molar-refractivity contribution < 1.29 is 52.4 Å². The summed E-state index contributed by atoms with van der Waals surface area (Å²) in [7, 11) is 6.89. The minimum absolute atomic E-state index is 0. The molecule has 6 aromatic carbocycles. The standard InChI is InChI=1S/C36H50N3O5P.C27H33NO4.C7H17NO2.2CH4.HI/c1-10-38-35(26-43-45(42-25-24-37-7)39(27(2)3)28(4)5)29(6)44-36(30-14-12-11-13-15-30,31-16-20-33(40-8)21-17-31)32-18-22-34(41-9)23-19-32;1-5-28-26(19-29)20(2)32-27(21-9-7-6-8-10-21,22-11-15-24(30-3)16-12-22)23-13-17-25(31-4)18-14-23;1-4-8-7(5-10-3)6(2)9;;;/h11-23,27-29,35,38H,10,24-26H2,1-6,8-9H3;6-18,20,26,28-29H,5,19H2,1-4H3;6-9H,4-5H2,1-3H3;2*1H4;1H. The Morgan fingerprint density at radius 3 is 1.09 bits per heavy atom. The normalized spacial score (nSPS) is 13.6. The van der Waals surface area contributed by atoms with Gasteiger partial charge in [-0.25, -0.2) is 11.2 Å². The first-order valence-electron chi connectivity index (χ1n) is 30.2. The second-order valence-corrected chi connectivity index (χ2v) is 22.8. The van der Waals surface area contributed by atoms with Gasteiger partial charge in [0, 0.05) is 19.2 Å². The summed E-state index contributed by atoms with van der Waals surface area (Å²) in [6.45, 7) is 31.6. The van der Waals surface area contributed by atoms with Gasteiger partial charge in [-0.2, -0.15) is 0 Å². The monoisotopic (exact) mass is 1380 g/mol.